The predicted molar refractivity (Wildman–Crippen MR) is 80.3 cm³/mol. The maximum atomic E-state index is 13.2. The third kappa shape index (κ3) is 2.75. The van der Waals surface area contributed by atoms with Crippen LogP contribution in [0.5, 0.6) is 0 Å². The first-order valence-electron chi connectivity index (χ1n) is 7.30. The van der Waals surface area contributed by atoms with E-state index in [0.717, 1.165) is 24.9 Å². The highest BCUT2D eigenvalue weighted by molar-refractivity contribution is 5.35. The van der Waals surface area contributed by atoms with E-state index in [4.69, 9.17) is 0 Å². The van der Waals surface area contributed by atoms with Crippen molar-refractivity contribution in [2.24, 2.45) is 0 Å². The zero-order valence-electron chi connectivity index (χ0n) is 11.8. The van der Waals surface area contributed by atoms with E-state index in [1.165, 1.54) is 11.1 Å². The zero-order valence-corrected chi connectivity index (χ0v) is 11.8. The SMILES string of the molecule is CC(CNC1CCc2cc(F)ccc21)c1ccccc1. The van der Waals surface area contributed by atoms with Gasteiger partial charge in [-0.1, -0.05) is 43.3 Å². The van der Waals surface area contributed by atoms with E-state index < -0.39 is 0 Å². The lowest BCUT2D eigenvalue weighted by atomic mass is 10.0. The molecule has 0 saturated heterocycles. The fourth-order valence-electron chi connectivity index (χ4n) is 3.02. The maximum Gasteiger partial charge on any atom is 0.123 e. The van der Waals surface area contributed by atoms with Gasteiger partial charge < -0.3 is 5.32 Å². The summed E-state index contributed by atoms with van der Waals surface area (Å²) in [5.74, 6) is 0.364. The van der Waals surface area contributed by atoms with Crippen molar-refractivity contribution in [2.45, 2.75) is 31.7 Å². The van der Waals surface area contributed by atoms with Crippen LogP contribution in [0.15, 0.2) is 48.5 Å². The minimum Gasteiger partial charge on any atom is -0.309 e. The summed E-state index contributed by atoms with van der Waals surface area (Å²) >= 11 is 0. The standard InChI is InChI=1S/C18H20FN/c1-13(14-5-3-2-4-6-14)12-20-18-10-7-15-11-16(19)8-9-17(15)18/h2-6,8-9,11,13,18,20H,7,10,12H2,1H3. The molecule has 104 valence electrons. The van der Waals surface area contributed by atoms with Gasteiger partial charge in [0, 0.05) is 12.6 Å². The molecule has 2 aromatic rings. The second-order valence-electron chi connectivity index (χ2n) is 5.65. The average molecular weight is 269 g/mol. The van der Waals surface area contributed by atoms with Crippen molar-refractivity contribution in [1.29, 1.82) is 0 Å². The molecule has 0 amide bonds. The van der Waals surface area contributed by atoms with Crippen molar-refractivity contribution >= 4 is 0 Å². The minimum absolute atomic E-state index is 0.123. The summed E-state index contributed by atoms with van der Waals surface area (Å²) in [5.41, 5.74) is 3.79. The van der Waals surface area contributed by atoms with Crippen molar-refractivity contribution in [3.8, 4) is 0 Å². The van der Waals surface area contributed by atoms with E-state index in [1.807, 2.05) is 12.1 Å². The van der Waals surface area contributed by atoms with Crippen LogP contribution in [-0.4, -0.2) is 6.54 Å². The summed E-state index contributed by atoms with van der Waals surface area (Å²) in [6, 6.07) is 16.1. The Bertz CT molecular complexity index is 579. The van der Waals surface area contributed by atoms with Crippen LogP contribution in [0.2, 0.25) is 0 Å². The first-order valence-corrected chi connectivity index (χ1v) is 7.30. The minimum atomic E-state index is -0.123. The van der Waals surface area contributed by atoms with Gasteiger partial charge >= 0.3 is 0 Å². The Morgan fingerprint density at radius 2 is 2.00 bits per heavy atom. The molecule has 2 heteroatoms. The molecular weight excluding hydrogens is 249 g/mol. The van der Waals surface area contributed by atoms with Crippen LogP contribution in [0.3, 0.4) is 0 Å². The summed E-state index contributed by atoms with van der Waals surface area (Å²) < 4.78 is 13.2. The molecule has 3 rings (SSSR count). The van der Waals surface area contributed by atoms with Crippen molar-refractivity contribution in [3.63, 3.8) is 0 Å². The summed E-state index contributed by atoms with van der Waals surface area (Å²) in [6.45, 7) is 3.19. The van der Waals surface area contributed by atoms with Gasteiger partial charge in [0.25, 0.3) is 0 Å². The zero-order chi connectivity index (χ0) is 13.9. The molecule has 2 atom stereocenters. The summed E-state index contributed by atoms with van der Waals surface area (Å²) in [4.78, 5) is 0. The summed E-state index contributed by atoms with van der Waals surface area (Å²) in [5, 5.41) is 3.63. The van der Waals surface area contributed by atoms with Crippen LogP contribution < -0.4 is 5.32 Å². The van der Waals surface area contributed by atoms with Crippen LogP contribution >= 0.6 is 0 Å². The highest BCUT2D eigenvalue weighted by atomic mass is 19.1. The maximum absolute atomic E-state index is 13.2. The second-order valence-corrected chi connectivity index (χ2v) is 5.65. The molecule has 0 aliphatic heterocycles. The molecule has 1 N–H and O–H groups in total. The number of halogens is 1. The Balaban J connectivity index is 1.64. The monoisotopic (exact) mass is 269 g/mol. The van der Waals surface area contributed by atoms with Crippen LogP contribution in [0.4, 0.5) is 4.39 Å². The van der Waals surface area contributed by atoms with Crippen LogP contribution in [-0.2, 0) is 6.42 Å². The van der Waals surface area contributed by atoms with Gasteiger partial charge in [0.15, 0.2) is 0 Å². The number of rotatable bonds is 4. The third-order valence-electron chi connectivity index (χ3n) is 4.22. The Hall–Kier alpha value is -1.67. The number of benzene rings is 2. The number of nitrogens with one attached hydrogen (secondary N) is 1. The Morgan fingerprint density at radius 1 is 1.20 bits per heavy atom. The van der Waals surface area contributed by atoms with Crippen molar-refractivity contribution in [1.82, 2.24) is 5.32 Å². The molecule has 0 heterocycles. The Kier molecular flexibility index (Phi) is 3.83. The highest BCUT2D eigenvalue weighted by Gasteiger charge is 2.22. The third-order valence-corrected chi connectivity index (χ3v) is 4.22. The highest BCUT2D eigenvalue weighted by Crippen LogP contribution is 2.31. The molecule has 0 saturated carbocycles. The van der Waals surface area contributed by atoms with E-state index in [2.05, 4.69) is 36.5 Å². The number of hydrogen-bond acceptors (Lipinski definition) is 1. The molecule has 1 aliphatic carbocycles. The first-order chi connectivity index (χ1) is 9.74. The molecule has 1 nitrogen and oxygen atoms in total. The molecule has 20 heavy (non-hydrogen) atoms. The first kappa shape index (κ1) is 13.3. The molecule has 0 aromatic heterocycles. The average Bonchev–Trinajstić information content (AvgIpc) is 2.88. The second kappa shape index (κ2) is 5.76. The number of hydrogen-bond donors (Lipinski definition) is 1. The molecule has 1 aliphatic rings. The largest absolute Gasteiger partial charge is 0.309 e. The van der Waals surface area contributed by atoms with Gasteiger partial charge in [-0.2, -0.15) is 0 Å². The van der Waals surface area contributed by atoms with Crippen LogP contribution in [0, 0.1) is 5.82 Å². The smallest absolute Gasteiger partial charge is 0.123 e. The molecule has 0 spiro atoms. The van der Waals surface area contributed by atoms with Gasteiger partial charge in [-0.3, -0.25) is 0 Å². The number of aryl methyl sites for hydroxylation is 1. The van der Waals surface area contributed by atoms with E-state index in [1.54, 1.807) is 12.1 Å². The van der Waals surface area contributed by atoms with Crippen molar-refractivity contribution in [3.05, 3.63) is 71.0 Å². The van der Waals surface area contributed by atoms with Gasteiger partial charge in [0.05, 0.1) is 0 Å². The Morgan fingerprint density at radius 3 is 2.80 bits per heavy atom. The fraction of sp³-hybridized carbons (Fsp3) is 0.333. The predicted octanol–water partition coefficient (Wildman–Crippen LogP) is 4.21. The summed E-state index contributed by atoms with van der Waals surface area (Å²) in [6.07, 6.45) is 2.05. The van der Waals surface area contributed by atoms with Gasteiger partial charge in [-0.25, -0.2) is 4.39 Å². The molecular formula is C18H20FN. The van der Waals surface area contributed by atoms with E-state index >= 15 is 0 Å². The lowest BCUT2D eigenvalue weighted by Gasteiger charge is -2.18. The fourth-order valence-corrected chi connectivity index (χ4v) is 3.02. The Labute approximate surface area is 119 Å². The quantitative estimate of drug-likeness (QED) is 0.877. The van der Waals surface area contributed by atoms with E-state index in [0.29, 0.717) is 12.0 Å². The lowest BCUT2D eigenvalue weighted by molar-refractivity contribution is 0.504. The molecule has 0 fully saturated rings. The molecule has 0 bridgehead atoms. The van der Waals surface area contributed by atoms with E-state index in [9.17, 15) is 4.39 Å². The van der Waals surface area contributed by atoms with Crippen molar-refractivity contribution < 1.29 is 4.39 Å². The van der Waals surface area contributed by atoms with Gasteiger partial charge in [0.1, 0.15) is 5.82 Å². The van der Waals surface area contributed by atoms with Gasteiger partial charge in [-0.15, -0.1) is 0 Å². The molecule has 0 radical (unpaired) electrons. The number of fused-ring (bicyclic) bond motifs is 1. The lowest BCUT2D eigenvalue weighted by Crippen LogP contribution is -2.24. The van der Waals surface area contributed by atoms with Crippen LogP contribution in [0.25, 0.3) is 0 Å². The van der Waals surface area contributed by atoms with Crippen molar-refractivity contribution in [2.75, 3.05) is 6.54 Å². The van der Waals surface area contributed by atoms with Gasteiger partial charge in [-0.05, 0) is 47.6 Å². The molecule has 2 aromatic carbocycles. The summed E-state index contributed by atoms with van der Waals surface area (Å²) in [7, 11) is 0. The molecule has 2 unspecified atom stereocenters. The normalized spacial score (nSPS) is 18.8. The van der Waals surface area contributed by atoms with Crippen LogP contribution in [0.1, 0.15) is 42.0 Å². The van der Waals surface area contributed by atoms with E-state index in [-0.39, 0.29) is 5.82 Å². The van der Waals surface area contributed by atoms with Gasteiger partial charge in [0.2, 0.25) is 0 Å². The topological polar surface area (TPSA) is 12.0 Å².